The molecule has 3 rings (SSSR count). The van der Waals surface area contributed by atoms with E-state index in [1.807, 2.05) is 32.0 Å². The molecule has 1 aromatic carbocycles. The summed E-state index contributed by atoms with van der Waals surface area (Å²) in [6, 6.07) is 8.42. The van der Waals surface area contributed by atoms with Crippen LogP contribution in [0, 0.1) is 6.92 Å². The zero-order chi connectivity index (χ0) is 17.3. The predicted octanol–water partition coefficient (Wildman–Crippen LogP) is 3.86. The molecule has 0 bridgehead atoms. The molecule has 0 saturated heterocycles. The third kappa shape index (κ3) is 3.19. The normalized spacial score (nSPS) is 12.3. The number of carboxylic acids is 1. The quantitative estimate of drug-likeness (QED) is 0.653. The molecule has 3 N–H and O–H groups in total. The van der Waals surface area contributed by atoms with Crippen molar-refractivity contribution >= 4 is 34.4 Å². The van der Waals surface area contributed by atoms with Crippen LogP contribution in [-0.2, 0) is 4.79 Å². The number of fused-ring (bicyclic) bond motifs is 1. The smallest absolute Gasteiger partial charge is 0.326 e. The Labute approximate surface area is 143 Å². The summed E-state index contributed by atoms with van der Waals surface area (Å²) in [5.74, 6) is 0.0593. The first kappa shape index (κ1) is 16.3. The number of rotatable bonds is 5. The highest BCUT2D eigenvalue weighted by molar-refractivity contribution is 6.30. The van der Waals surface area contributed by atoms with Crippen LogP contribution < -0.4 is 5.32 Å². The van der Waals surface area contributed by atoms with Crippen molar-refractivity contribution in [2.45, 2.75) is 26.3 Å². The molecule has 0 aliphatic rings. The summed E-state index contributed by atoms with van der Waals surface area (Å²) in [5, 5.41) is 13.7. The van der Waals surface area contributed by atoms with Gasteiger partial charge in [-0.3, -0.25) is 0 Å². The van der Waals surface area contributed by atoms with Crippen molar-refractivity contribution in [1.29, 1.82) is 0 Å². The fraction of sp³-hybridized carbons (Fsp3) is 0.235. The number of nitrogens with one attached hydrogen (secondary N) is 2. The van der Waals surface area contributed by atoms with E-state index in [1.54, 1.807) is 12.1 Å². The molecule has 24 heavy (non-hydrogen) atoms. The van der Waals surface area contributed by atoms with Gasteiger partial charge in [-0.25, -0.2) is 14.8 Å². The summed E-state index contributed by atoms with van der Waals surface area (Å²) >= 11 is 6.05. The molecule has 0 saturated carbocycles. The summed E-state index contributed by atoms with van der Waals surface area (Å²) in [4.78, 5) is 23.6. The lowest BCUT2D eigenvalue weighted by Crippen LogP contribution is -2.28. The Kier molecular flexibility index (Phi) is 4.40. The first-order valence-corrected chi connectivity index (χ1v) is 7.98. The molecule has 1 atom stereocenters. The number of aromatic amines is 1. The summed E-state index contributed by atoms with van der Waals surface area (Å²) in [6.45, 7) is 3.73. The van der Waals surface area contributed by atoms with Crippen molar-refractivity contribution in [3.8, 4) is 11.4 Å². The second kappa shape index (κ2) is 6.49. The van der Waals surface area contributed by atoms with Gasteiger partial charge in [-0.05, 0) is 31.5 Å². The Balaban J connectivity index is 2.14. The minimum absolute atomic E-state index is 0.441. The van der Waals surface area contributed by atoms with Gasteiger partial charge in [-0.1, -0.05) is 30.7 Å². The first-order chi connectivity index (χ1) is 11.5. The summed E-state index contributed by atoms with van der Waals surface area (Å²) in [6.07, 6.45) is 0.441. The van der Waals surface area contributed by atoms with Gasteiger partial charge in [0.05, 0.1) is 5.39 Å². The molecular weight excluding hydrogens is 328 g/mol. The molecule has 6 nitrogen and oxygen atoms in total. The van der Waals surface area contributed by atoms with Crippen LogP contribution in [-0.4, -0.2) is 32.1 Å². The highest BCUT2D eigenvalue weighted by Gasteiger charge is 2.19. The van der Waals surface area contributed by atoms with E-state index in [4.69, 9.17) is 11.6 Å². The van der Waals surface area contributed by atoms with Crippen molar-refractivity contribution in [3.05, 3.63) is 41.0 Å². The lowest BCUT2D eigenvalue weighted by atomic mass is 10.2. The molecule has 0 radical (unpaired) electrons. The first-order valence-electron chi connectivity index (χ1n) is 7.60. The SMILES string of the molecule is CCC(Nc1nc(-c2cccc(Cl)c2)nc2[nH]c(C)cc12)C(=O)O. The van der Waals surface area contributed by atoms with Gasteiger partial charge in [0.15, 0.2) is 5.82 Å². The minimum atomic E-state index is -0.916. The van der Waals surface area contributed by atoms with E-state index in [9.17, 15) is 9.90 Å². The molecule has 0 aliphatic carbocycles. The van der Waals surface area contributed by atoms with Crippen LogP contribution in [0.2, 0.25) is 5.02 Å². The Hall–Kier alpha value is -2.60. The second-order valence-electron chi connectivity index (χ2n) is 5.56. The zero-order valence-corrected chi connectivity index (χ0v) is 14.1. The van der Waals surface area contributed by atoms with Crippen molar-refractivity contribution in [1.82, 2.24) is 15.0 Å². The maximum absolute atomic E-state index is 11.3. The number of hydrogen-bond acceptors (Lipinski definition) is 4. The Bertz CT molecular complexity index is 907. The van der Waals surface area contributed by atoms with Crippen LogP contribution in [0.15, 0.2) is 30.3 Å². The van der Waals surface area contributed by atoms with E-state index in [0.29, 0.717) is 28.7 Å². The Morgan fingerprint density at radius 3 is 2.83 bits per heavy atom. The molecule has 0 aliphatic heterocycles. The highest BCUT2D eigenvalue weighted by Crippen LogP contribution is 2.27. The number of carbonyl (C=O) groups is 1. The largest absolute Gasteiger partial charge is 0.480 e. The van der Waals surface area contributed by atoms with E-state index in [0.717, 1.165) is 16.6 Å². The fourth-order valence-corrected chi connectivity index (χ4v) is 2.70. The molecule has 124 valence electrons. The minimum Gasteiger partial charge on any atom is -0.480 e. The van der Waals surface area contributed by atoms with Gasteiger partial charge >= 0.3 is 5.97 Å². The van der Waals surface area contributed by atoms with Crippen LogP contribution in [0.25, 0.3) is 22.4 Å². The molecule has 2 aromatic heterocycles. The van der Waals surface area contributed by atoms with E-state index in [-0.39, 0.29) is 0 Å². The molecule has 2 heterocycles. The zero-order valence-electron chi connectivity index (χ0n) is 13.3. The molecule has 0 fully saturated rings. The van der Waals surface area contributed by atoms with Crippen molar-refractivity contribution in [2.24, 2.45) is 0 Å². The number of aliphatic carboxylic acids is 1. The number of benzene rings is 1. The molecule has 3 aromatic rings. The predicted molar refractivity (Wildman–Crippen MR) is 94.4 cm³/mol. The van der Waals surface area contributed by atoms with Crippen LogP contribution in [0.1, 0.15) is 19.0 Å². The molecule has 0 spiro atoms. The van der Waals surface area contributed by atoms with E-state index in [1.165, 1.54) is 0 Å². The highest BCUT2D eigenvalue weighted by atomic mass is 35.5. The third-order valence-corrected chi connectivity index (χ3v) is 3.96. The van der Waals surface area contributed by atoms with Crippen molar-refractivity contribution in [3.63, 3.8) is 0 Å². The van der Waals surface area contributed by atoms with Gasteiger partial charge in [-0.15, -0.1) is 0 Å². The summed E-state index contributed by atoms with van der Waals surface area (Å²) in [5.41, 5.74) is 2.34. The Morgan fingerprint density at radius 2 is 2.17 bits per heavy atom. The van der Waals surface area contributed by atoms with Gasteiger partial charge in [0.25, 0.3) is 0 Å². The second-order valence-corrected chi connectivity index (χ2v) is 6.00. The standard InChI is InChI=1S/C17H17ClN4O2/c1-3-13(17(23)24)20-16-12-7-9(2)19-15(12)21-14(22-16)10-5-4-6-11(18)8-10/h4-8,13H,3H2,1-2H3,(H,23,24)(H2,19,20,21,22). The third-order valence-electron chi connectivity index (χ3n) is 3.72. The van der Waals surface area contributed by atoms with Crippen LogP contribution in [0.3, 0.4) is 0 Å². The molecule has 7 heteroatoms. The number of anilines is 1. The van der Waals surface area contributed by atoms with E-state index < -0.39 is 12.0 Å². The van der Waals surface area contributed by atoms with Gasteiger partial charge in [-0.2, -0.15) is 0 Å². The monoisotopic (exact) mass is 344 g/mol. The summed E-state index contributed by atoms with van der Waals surface area (Å²) in [7, 11) is 0. The molecule has 1 unspecified atom stereocenters. The number of carboxylic acid groups (broad SMARTS) is 1. The number of nitrogens with zero attached hydrogens (tertiary/aromatic N) is 2. The van der Waals surface area contributed by atoms with Crippen molar-refractivity contribution in [2.75, 3.05) is 5.32 Å². The average molecular weight is 345 g/mol. The van der Waals surface area contributed by atoms with Gasteiger partial charge in [0.2, 0.25) is 0 Å². The topological polar surface area (TPSA) is 90.9 Å². The maximum Gasteiger partial charge on any atom is 0.326 e. The average Bonchev–Trinajstić information content (AvgIpc) is 2.92. The Morgan fingerprint density at radius 1 is 1.38 bits per heavy atom. The van der Waals surface area contributed by atoms with Crippen LogP contribution in [0.4, 0.5) is 5.82 Å². The molecule has 0 amide bonds. The van der Waals surface area contributed by atoms with E-state index >= 15 is 0 Å². The molecular formula is C17H17ClN4O2. The number of H-pyrrole nitrogens is 1. The number of hydrogen-bond donors (Lipinski definition) is 3. The number of aromatic nitrogens is 3. The number of halogens is 1. The van der Waals surface area contributed by atoms with E-state index in [2.05, 4.69) is 20.3 Å². The van der Waals surface area contributed by atoms with Crippen LogP contribution >= 0.6 is 11.6 Å². The maximum atomic E-state index is 11.3. The lowest BCUT2D eigenvalue weighted by Gasteiger charge is -2.14. The van der Waals surface area contributed by atoms with Crippen LogP contribution in [0.5, 0.6) is 0 Å². The van der Waals surface area contributed by atoms with Gasteiger partial charge in [0.1, 0.15) is 17.5 Å². The fourth-order valence-electron chi connectivity index (χ4n) is 2.51. The lowest BCUT2D eigenvalue weighted by molar-refractivity contribution is -0.137. The van der Waals surface area contributed by atoms with Crippen molar-refractivity contribution < 1.29 is 9.90 Å². The number of aryl methyl sites for hydroxylation is 1. The van der Waals surface area contributed by atoms with Gasteiger partial charge < -0.3 is 15.4 Å². The summed E-state index contributed by atoms with van der Waals surface area (Å²) < 4.78 is 0. The van der Waals surface area contributed by atoms with Gasteiger partial charge in [0, 0.05) is 16.3 Å².